The van der Waals surface area contributed by atoms with Crippen LogP contribution < -0.4 is 4.72 Å². The summed E-state index contributed by atoms with van der Waals surface area (Å²) in [5.74, 6) is 1.11. The Kier molecular flexibility index (Phi) is 6.01. The highest BCUT2D eigenvalue weighted by Crippen LogP contribution is 2.25. The summed E-state index contributed by atoms with van der Waals surface area (Å²) in [6, 6.07) is 1.31. The maximum atomic E-state index is 11.9. The highest BCUT2D eigenvalue weighted by molar-refractivity contribution is 9.10. The molecule has 1 heterocycles. The zero-order chi connectivity index (χ0) is 12.9. The van der Waals surface area contributed by atoms with Gasteiger partial charge in [0, 0.05) is 12.6 Å². The quantitative estimate of drug-likeness (QED) is 0.734. The van der Waals surface area contributed by atoms with Crippen molar-refractivity contribution in [2.24, 2.45) is 0 Å². The lowest BCUT2D eigenvalue weighted by Crippen LogP contribution is -2.25. The van der Waals surface area contributed by atoms with Crippen LogP contribution in [-0.2, 0) is 16.6 Å². The highest BCUT2D eigenvalue weighted by atomic mass is 79.9. The minimum atomic E-state index is -3.57. The van der Waals surface area contributed by atoms with Crippen LogP contribution in [-0.4, -0.2) is 32.1 Å². The van der Waals surface area contributed by atoms with E-state index in [1.54, 1.807) is 11.8 Å². The van der Waals surface area contributed by atoms with E-state index < -0.39 is 10.0 Å². The van der Waals surface area contributed by atoms with Crippen LogP contribution >= 0.6 is 27.7 Å². The Morgan fingerprint density at radius 1 is 1.59 bits per heavy atom. The molecule has 8 heteroatoms. The van der Waals surface area contributed by atoms with E-state index >= 15 is 0 Å². The maximum Gasteiger partial charge on any atom is 0.244 e. The summed E-state index contributed by atoms with van der Waals surface area (Å²) in [5.41, 5.74) is 0. The molecule has 17 heavy (non-hydrogen) atoms. The third-order valence-corrected chi connectivity index (χ3v) is 4.98. The van der Waals surface area contributed by atoms with Crippen molar-refractivity contribution in [2.45, 2.75) is 17.9 Å². The van der Waals surface area contributed by atoms with Crippen molar-refractivity contribution >= 4 is 37.7 Å². The standard InChI is InChI=1S/C9H14BrNO4S2/c1-16-4-2-3-11-17(13,14)8-5-7(6-12)15-9(8)10/h5,11-12H,2-4,6H2,1H3. The minimum Gasteiger partial charge on any atom is -0.450 e. The molecule has 0 fully saturated rings. The summed E-state index contributed by atoms with van der Waals surface area (Å²) in [6.07, 6.45) is 2.73. The molecule has 0 bridgehead atoms. The first kappa shape index (κ1) is 15.0. The Balaban J connectivity index is 2.72. The molecule has 2 N–H and O–H groups in total. The van der Waals surface area contributed by atoms with Crippen LogP contribution in [0.1, 0.15) is 12.2 Å². The van der Waals surface area contributed by atoms with Crippen molar-refractivity contribution < 1.29 is 17.9 Å². The second-order valence-corrected chi connectivity index (χ2v) is 6.69. The lowest BCUT2D eigenvalue weighted by atomic mass is 10.5. The van der Waals surface area contributed by atoms with Gasteiger partial charge in [-0.3, -0.25) is 0 Å². The topological polar surface area (TPSA) is 79.5 Å². The van der Waals surface area contributed by atoms with Crippen LogP contribution in [0.15, 0.2) is 20.0 Å². The maximum absolute atomic E-state index is 11.9. The van der Waals surface area contributed by atoms with Gasteiger partial charge in [-0.1, -0.05) is 0 Å². The van der Waals surface area contributed by atoms with E-state index in [1.807, 2.05) is 6.26 Å². The molecular formula is C9H14BrNO4S2. The van der Waals surface area contributed by atoms with Crippen molar-refractivity contribution in [1.29, 1.82) is 0 Å². The van der Waals surface area contributed by atoms with E-state index in [1.165, 1.54) is 6.07 Å². The Labute approximate surface area is 113 Å². The smallest absolute Gasteiger partial charge is 0.244 e. The van der Waals surface area contributed by atoms with Gasteiger partial charge in [-0.15, -0.1) is 0 Å². The van der Waals surface area contributed by atoms with Crippen molar-refractivity contribution in [1.82, 2.24) is 4.72 Å². The Hall–Kier alpha value is -0.0200. The number of aliphatic hydroxyl groups is 1. The van der Waals surface area contributed by atoms with Gasteiger partial charge in [-0.05, 0) is 34.4 Å². The van der Waals surface area contributed by atoms with Crippen molar-refractivity contribution in [2.75, 3.05) is 18.6 Å². The zero-order valence-electron chi connectivity index (χ0n) is 9.27. The lowest BCUT2D eigenvalue weighted by Gasteiger charge is -2.03. The minimum absolute atomic E-state index is 0.0192. The second kappa shape index (κ2) is 6.79. The number of hydrogen-bond donors (Lipinski definition) is 2. The average Bonchev–Trinajstić information content (AvgIpc) is 2.67. The van der Waals surface area contributed by atoms with Gasteiger partial charge in [0.1, 0.15) is 17.3 Å². The summed E-state index contributed by atoms with van der Waals surface area (Å²) >= 11 is 4.68. The number of aliphatic hydroxyl groups excluding tert-OH is 1. The van der Waals surface area contributed by atoms with Gasteiger partial charge >= 0.3 is 0 Å². The SMILES string of the molecule is CSCCCNS(=O)(=O)c1cc(CO)oc1Br. The number of halogens is 1. The molecule has 5 nitrogen and oxygen atoms in total. The molecule has 0 aromatic carbocycles. The van der Waals surface area contributed by atoms with Gasteiger partial charge in [-0.25, -0.2) is 13.1 Å². The molecule has 0 amide bonds. The fourth-order valence-electron chi connectivity index (χ4n) is 1.16. The number of nitrogens with one attached hydrogen (secondary N) is 1. The molecule has 1 aromatic heterocycles. The predicted molar refractivity (Wildman–Crippen MR) is 70.5 cm³/mol. The average molecular weight is 344 g/mol. The predicted octanol–water partition coefficient (Wildman–Crippen LogP) is 1.57. The summed E-state index contributed by atoms with van der Waals surface area (Å²) in [4.78, 5) is 0.0192. The molecule has 0 saturated carbocycles. The van der Waals surface area contributed by atoms with E-state index in [2.05, 4.69) is 20.7 Å². The molecule has 0 unspecified atom stereocenters. The van der Waals surface area contributed by atoms with E-state index in [4.69, 9.17) is 9.52 Å². The summed E-state index contributed by atoms with van der Waals surface area (Å²) in [7, 11) is -3.57. The van der Waals surface area contributed by atoms with Gasteiger partial charge in [-0.2, -0.15) is 11.8 Å². The fraction of sp³-hybridized carbons (Fsp3) is 0.556. The number of hydrogen-bond acceptors (Lipinski definition) is 5. The number of thioether (sulfide) groups is 1. The van der Waals surface area contributed by atoms with E-state index in [0.29, 0.717) is 6.54 Å². The first-order chi connectivity index (χ1) is 8.01. The number of sulfonamides is 1. The highest BCUT2D eigenvalue weighted by Gasteiger charge is 2.21. The van der Waals surface area contributed by atoms with Crippen LogP contribution in [0.25, 0.3) is 0 Å². The van der Waals surface area contributed by atoms with Gasteiger partial charge in [0.15, 0.2) is 4.67 Å². The van der Waals surface area contributed by atoms with E-state index in [-0.39, 0.29) is 21.9 Å². The van der Waals surface area contributed by atoms with E-state index in [0.717, 1.165) is 12.2 Å². The molecule has 0 saturated heterocycles. The monoisotopic (exact) mass is 343 g/mol. The second-order valence-electron chi connectivity index (χ2n) is 3.25. The van der Waals surface area contributed by atoms with Crippen LogP contribution in [0.3, 0.4) is 0 Å². The Bertz CT molecular complexity index is 458. The molecule has 1 aromatic rings. The third kappa shape index (κ3) is 4.29. The molecule has 0 spiro atoms. The molecule has 0 atom stereocenters. The van der Waals surface area contributed by atoms with Crippen molar-refractivity contribution in [3.63, 3.8) is 0 Å². The van der Waals surface area contributed by atoms with Crippen molar-refractivity contribution in [3.05, 3.63) is 16.5 Å². The van der Waals surface area contributed by atoms with Crippen molar-refractivity contribution in [3.8, 4) is 0 Å². The molecule has 1 rings (SSSR count). The molecule has 98 valence electrons. The normalized spacial score (nSPS) is 11.9. The number of furan rings is 1. The summed E-state index contributed by atoms with van der Waals surface area (Å²) < 4.78 is 31.3. The molecule has 0 aliphatic rings. The Morgan fingerprint density at radius 3 is 2.82 bits per heavy atom. The first-order valence-electron chi connectivity index (χ1n) is 4.89. The van der Waals surface area contributed by atoms with Gasteiger partial charge in [0.25, 0.3) is 0 Å². The molecule has 0 radical (unpaired) electrons. The lowest BCUT2D eigenvalue weighted by molar-refractivity contribution is 0.245. The fourth-order valence-corrected chi connectivity index (χ4v) is 3.66. The third-order valence-electron chi connectivity index (χ3n) is 1.97. The zero-order valence-corrected chi connectivity index (χ0v) is 12.5. The van der Waals surface area contributed by atoms with E-state index in [9.17, 15) is 8.42 Å². The van der Waals surface area contributed by atoms with Crippen LogP contribution in [0.4, 0.5) is 0 Å². The van der Waals surface area contributed by atoms with Gasteiger partial charge in [0.2, 0.25) is 10.0 Å². The molecule has 0 aliphatic carbocycles. The first-order valence-corrected chi connectivity index (χ1v) is 8.56. The van der Waals surface area contributed by atoms with Crippen LogP contribution in [0.5, 0.6) is 0 Å². The van der Waals surface area contributed by atoms with Crippen LogP contribution in [0.2, 0.25) is 0 Å². The summed E-state index contributed by atoms with van der Waals surface area (Å²) in [6.45, 7) is 0.0514. The summed E-state index contributed by atoms with van der Waals surface area (Å²) in [5, 5.41) is 8.85. The molecule has 0 aliphatic heterocycles. The largest absolute Gasteiger partial charge is 0.450 e. The number of rotatable bonds is 7. The Morgan fingerprint density at radius 2 is 2.29 bits per heavy atom. The van der Waals surface area contributed by atoms with Gasteiger partial charge in [0.05, 0.1) is 0 Å². The molecular weight excluding hydrogens is 330 g/mol. The van der Waals surface area contributed by atoms with Gasteiger partial charge < -0.3 is 9.52 Å². The van der Waals surface area contributed by atoms with Crippen LogP contribution in [0, 0.1) is 0 Å².